The number of hydrogen-bond donors (Lipinski definition) is 1. The van der Waals surface area contributed by atoms with Crippen LogP contribution < -0.4 is 0 Å². The van der Waals surface area contributed by atoms with Crippen LogP contribution in [-0.4, -0.2) is 34.2 Å². The van der Waals surface area contributed by atoms with Crippen molar-refractivity contribution in [3.05, 3.63) is 52.4 Å². The average molecular weight is 330 g/mol. The van der Waals surface area contributed by atoms with E-state index in [2.05, 4.69) is 5.16 Å². The minimum atomic E-state index is -0.702. The molecule has 1 N–H and O–H groups in total. The van der Waals surface area contributed by atoms with Gasteiger partial charge in [-0.15, -0.1) is 0 Å². The summed E-state index contributed by atoms with van der Waals surface area (Å²) in [6.07, 6.45) is -0.702. The van der Waals surface area contributed by atoms with Gasteiger partial charge in [-0.3, -0.25) is 4.79 Å². The summed E-state index contributed by atoms with van der Waals surface area (Å²) < 4.78 is 5.17. The molecule has 0 radical (unpaired) electrons. The average Bonchev–Trinajstić information content (AvgIpc) is 2.90. The zero-order valence-electron chi connectivity index (χ0n) is 15.0. The lowest BCUT2D eigenvalue weighted by atomic mass is 9.97. The van der Waals surface area contributed by atoms with Crippen molar-refractivity contribution in [3.63, 3.8) is 0 Å². The van der Waals surface area contributed by atoms with Gasteiger partial charge >= 0.3 is 0 Å². The molecule has 24 heavy (non-hydrogen) atoms. The van der Waals surface area contributed by atoms with Gasteiger partial charge in [0, 0.05) is 12.1 Å². The van der Waals surface area contributed by atoms with Gasteiger partial charge in [0.25, 0.3) is 0 Å². The van der Waals surface area contributed by atoms with E-state index >= 15 is 0 Å². The highest BCUT2D eigenvalue weighted by Gasteiger charge is 2.27. The third kappa shape index (κ3) is 3.85. The van der Waals surface area contributed by atoms with Crippen LogP contribution in [0.2, 0.25) is 0 Å². The molecule has 1 amide bonds. The van der Waals surface area contributed by atoms with Crippen molar-refractivity contribution in [1.29, 1.82) is 0 Å². The van der Waals surface area contributed by atoms with Crippen LogP contribution in [-0.2, 0) is 4.79 Å². The maximum atomic E-state index is 12.8. The van der Waals surface area contributed by atoms with Crippen molar-refractivity contribution in [1.82, 2.24) is 10.1 Å². The highest BCUT2D eigenvalue weighted by Crippen LogP contribution is 2.26. The van der Waals surface area contributed by atoms with Gasteiger partial charge in [-0.05, 0) is 40.2 Å². The molecule has 0 bridgehead atoms. The SMILES string of the molecule is CCN(CC(O)c1ccc(C)cc1)C(=O)C(C)c1c(C)noc1C. The molecule has 2 rings (SSSR count). The predicted molar refractivity (Wildman–Crippen MR) is 92.8 cm³/mol. The number of nitrogens with zero attached hydrogens (tertiary/aromatic N) is 2. The first-order valence-corrected chi connectivity index (χ1v) is 8.31. The zero-order valence-corrected chi connectivity index (χ0v) is 15.0. The Kier molecular flexibility index (Phi) is 5.78. The minimum absolute atomic E-state index is 0.0296. The molecule has 2 unspecified atom stereocenters. The van der Waals surface area contributed by atoms with Crippen molar-refractivity contribution in [2.45, 2.75) is 46.6 Å². The van der Waals surface area contributed by atoms with Gasteiger partial charge < -0.3 is 14.5 Å². The fraction of sp³-hybridized carbons (Fsp3) is 0.474. The highest BCUT2D eigenvalue weighted by atomic mass is 16.5. The Morgan fingerprint density at radius 1 is 1.25 bits per heavy atom. The number of likely N-dealkylation sites (N-methyl/N-ethyl adjacent to an activating group) is 1. The first-order chi connectivity index (χ1) is 11.3. The molecule has 130 valence electrons. The number of carbonyl (C=O) groups is 1. The lowest BCUT2D eigenvalue weighted by Crippen LogP contribution is -2.37. The summed E-state index contributed by atoms with van der Waals surface area (Å²) in [5.41, 5.74) is 3.53. The van der Waals surface area contributed by atoms with Gasteiger partial charge in [0.05, 0.1) is 24.3 Å². The van der Waals surface area contributed by atoms with Gasteiger partial charge in [-0.25, -0.2) is 0 Å². The van der Waals surface area contributed by atoms with Crippen LogP contribution in [0.4, 0.5) is 0 Å². The molecular weight excluding hydrogens is 304 g/mol. The molecular formula is C19H26N2O3. The van der Waals surface area contributed by atoms with Crippen LogP contribution in [0.5, 0.6) is 0 Å². The Hall–Kier alpha value is -2.14. The first-order valence-electron chi connectivity index (χ1n) is 8.31. The molecule has 2 atom stereocenters. The van der Waals surface area contributed by atoms with Crippen LogP contribution in [0, 0.1) is 20.8 Å². The second-order valence-electron chi connectivity index (χ2n) is 6.26. The van der Waals surface area contributed by atoms with E-state index in [9.17, 15) is 9.90 Å². The Balaban J connectivity index is 2.12. The smallest absolute Gasteiger partial charge is 0.230 e. The van der Waals surface area contributed by atoms with E-state index < -0.39 is 6.10 Å². The molecule has 5 nitrogen and oxygen atoms in total. The third-order valence-corrected chi connectivity index (χ3v) is 4.44. The van der Waals surface area contributed by atoms with E-state index in [1.54, 1.807) is 4.90 Å². The highest BCUT2D eigenvalue weighted by molar-refractivity contribution is 5.83. The summed E-state index contributed by atoms with van der Waals surface area (Å²) in [5.74, 6) is 0.294. The second-order valence-corrected chi connectivity index (χ2v) is 6.26. The predicted octanol–water partition coefficient (Wildman–Crippen LogP) is 3.29. The monoisotopic (exact) mass is 330 g/mol. The maximum Gasteiger partial charge on any atom is 0.230 e. The number of aliphatic hydroxyl groups excluding tert-OH is 1. The molecule has 5 heteroatoms. The molecule has 0 aliphatic carbocycles. The van der Waals surface area contributed by atoms with Crippen LogP contribution in [0.1, 0.15) is 54.0 Å². The molecule has 0 fully saturated rings. The van der Waals surface area contributed by atoms with E-state index in [1.807, 2.05) is 58.9 Å². The van der Waals surface area contributed by atoms with Crippen molar-refractivity contribution in [2.75, 3.05) is 13.1 Å². The first kappa shape index (κ1) is 18.2. The minimum Gasteiger partial charge on any atom is -0.387 e. The van der Waals surface area contributed by atoms with Crippen LogP contribution in [0.15, 0.2) is 28.8 Å². The molecule has 2 aromatic rings. The largest absolute Gasteiger partial charge is 0.387 e. The molecule has 0 aliphatic rings. The summed E-state index contributed by atoms with van der Waals surface area (Å²) in [5, 5.41) is 14.4. The van der Waals surface area contributed by atoms with Gasteiger partial charge in [0.15, 0.2) is 0 Å². The van der Waals surface area contributed by atoms with E-state index in [-0.39, 0.29) is 18.4 Å². The van der Waals surface area contributed by atoms with Crippen LogP contribution >= 0.6 is 0 Å². The summed E-state index contributed by atoms with van der Waals surface area (Å²) in [6.45, 7) is 10.2. The number of aryl methyl sites for hydroxylation is 3. The van der Waals surface area contributed by atoms with Crippen molar-refractivity contribution >= 4 is 5.91 Å². The number of hydrogen-bond acceptors (Lipinski definition) is 4. The Bertz CT molecular complexity index is 672. The fourth-order valence-corrected chi connectivity index (χ4v) is 2.98. The van der Waals surface area contributed by atoms with Gasteiger partial charge in [0.1, 0.15) is 5.76 Å². The molecule has 1 heterocycles. The quantitative estimate of drug-likeness (QED) is 0.882. The molecule has 1 aromatic carbocycles. The Morgan fingerprint density at radius 3 is 2.38 bits per heavy atom. The van der Waals surface area contributed by atoms with E-state index in [0.717, 1.165) is 22.4 Å². The second kappa shape index (κ2) is 7.62. The standard InChI is InChI=1S/C19H26N2O3/c1-6-21(11-17(22)16-9-7-12(2)8-10-16)19(23)13(3)18-14(4)20-24-15(18)5/h7-10,13,17,22H,6,11H2,1-5H3. The van der Waals surface area contributed by atoms with E-state index in [0.29, 0.717) is 12.3 Å². The maximum absolute atomic E-state index is 12.8. The number of aromatic nitrogens is 1. The Morgan fingerprint density at radius 2 is 1.88 bits per heavy atom. The molecule has 0 aliphatic heterocycles. The van der Waals surface area contributed by atoms with Crippen LogP contribution in [0.25, 0.3) is 0 Å². The number of rotatable bonds is 6. The van der Waals surface area contributed by atoms with E-state index in [1.165, 1.54) is 0 Å². The van der Waals surface area contributed by atoms with E-state index in [4.69, 9.17) is 4.52 Å². The van der Waals surface area contributed by atoms with Crippen molar-refractivity contribution in [3.8, 4) is 0 Å². The third-order valence-electron chi connectivity index (χ3n) is 4.44. The van der Waals surface area contributed by atoms with Gasteiger partial charge in [-0.2, -0.15) is 0 Å². The number of amides is 1. The topological polar surface area (TPSA) is 66.6 Å². The molecule has 1 aromatic heterocycles. The molecule has 0 spiro atoms. The van der Waals surface area contributed by atoms with Gasteiger partial charge in [-0.1, -0.05) is 35.0 Å². The normalized spacial score (nSPS) is 13.6. The molecule has 0 saturated carbocycles. The van der Waals surface area contributed by atoms with Crippen LogP contribution in [0.3, 0.4) is 0 Å². The van der Waals surface area contributed by atoms with Crippen molar-refractivity contribution in [2.24, 2.45) is 0 Å². The van der Waals surface area contributed by atoms with Crippen molar-refractivity contribution < 1.29 is 14.4 Å². The number of carbonyl (C=O) groups excluding carboxylic acids is 1. The fourth-order valence-electron chi connectivity index (χ4n) is 2.98. The summed E-state index contributed by atoms with van der Waals surface area (Å²) in [4.78, 5) is 14.5. The lowest BCUT2D eigenvalue weighted by molar-refractivity contribution is -0.133. The molecule has 0 saturated heterocycles. The number of benzene rings is 1. The summed E-state index contributed by atoms with van der Waals surface area (Å²) in [7, 11) is 0. The summed E-state index contributed by atoms with van der Waals surface area (Å²) >= 11 is 0. The van der Waals surface area contributed by atoms with Gasteiger partial charge in [0.2, 0.25) is 5.91 Å². The number of aliphatic hydroxyl groups is 1. The lowest BCUT2D eigenvalue weighted by Gasteiger charge is -2.27. The zero-order chi connectivity index (χ0) is 17.9. The Labute approximate surface area is 143 Å². The summed E-state index contributed by atoms with van der Waals surface area (Å²) in [6, 6.07) is 7.72.